The second-order valence-electron chi connectivity index (χ2n) is 8.41. The largest absolute Gasteiger partial charge is 0.451 e. The monoisotopic (exact) mass is 491 g/mol. The highest BCUT2D eigenvalue weighted by molar-refractivity contribution is 5.92. The highest BCUT2D eigenvalue weighted by Crippen LogP contribution is 2.21. The summed E-state index contributed by atoms with van der Waals surface area (Å²) in [4.78, 5) is 42.5. The second-order valence-corrected chi connectivity index (χ2v) is 8.41. The maximum atomic E-state index is 12.9. The smallest absolute Gasteiger partial charge is 0.288 e. The minimum atomic E-state index is -0.470. The number of unbranched alkanes of at least 4 members (excludes halogenated alkanes) is 2. The number of nitrogens with zero attached hydrogens (tertiary/aromatic N) is 1. The van der Waals surface area contributed by atoms with Gasteiger partial charge in [-0.05, 0) is 24.1 Å². The van der Waals surface area contributed by atoms with Crippen LogP contribution in [0.5, 0.6) is 0 Å². The van der Waals surface area contributed by atoms with E-state index in [1.165, 1.54) is 0 Å². The Kier molecular flexibility index (Phi) is 10.7. The van der Waals surface area contributed by atoms with E-state index in [-0.39, 0.29) is 31.5 Å². The Balaban J connectivity index is 1.50. The predicted molar refractivity (Wildman–Crippen MR) is 136 cm³/mol. The van der Waals surface area contributed by atoms with Gasteiger partial charge in [-0.1, -0.05) is 86.8 Å². The molecule has 0 unspecified atom stereocenters. The lowest BCUT2D eigenvalue weighted by atomic mass is 10.0. The lowest BCUT2D eigenvalue weighted by molar-refractivity contribution is -0.182. The fraction of sp³-hybridized carbons (Fsp3) is 0.321. The van der Waals surface area contributed by atoms with Crippen LogP contribution in [0, 0.1) is 5.92 Å². The number of carbonyl (C=O) groups excluding carboxylic acids is 3. The molecule has 8 nitrogen and oxygen atoms in total. The van der Waals surface area contributed by atoms with Crippen molar-refractivity contribution in [1.29, 1.82) is 0 Å². The summed E-state index contributed by atoms with van der Waals surface area (Å²) >= 11 is 0. The van der Waals surface area contributed by atoms with Crippen molar-refractivity contribution in [3.63, 3.8) is 0 Å². The van der Waals surface area contributed by atoms with Crippen molar-refractivity contribution in [3.8, 4) is 11.3 Å². The first-order valence-electron chi connectivity index (χ1n) is 12.2. The number of benzene rings is 2. The van der Waals surface area contributed by atoms with Crippen molar-refractivity contribution in [2.75, 3.05) is 13.2 Å². The molecule has 0 fully saturated rings. The van der Waals surface area contributed by atoms with Crippen LogP contribution in [0.15, 0.2) is 77.2 Å². The average Bonchev–Trinajstić information content (AvgIpc) is 3.42. The van der Waals surface area contributed by atoms with E-state index in [1.54, 1.807) is 12.1 Å². The Bertz CT molecular complexity index is 1080. The van der Waals surface area contributed by atoms with Gasteiger partial charge in [0.15, 0.2) is 5.76 Å². The van der Waals surface area contributed by atoms with Gasteiger partial charge in [-0.3, -0.25) is 19.2 Å². The van der Waals surface area contributed by atoms with Crippen molar-refractivity contribution in [2.45, 2.75) is 39.2 Å². The molecular weight excluding hydrogens is 458 g/mol. The number of hydrogen-bond donors (Lipinski definition) is 2. The normalized spacial score (nSPS) is 11.5. The molecular formula is C28H33N3O5. The van der Waals surface area contributed by atoms with E-state index in [1.807, 2.05) is 60.7 Å². The second kappa shape index (κ2) is 14.5. The van der Waals surface area contributed by atoms with E-state index >= 15 is 0 Å². The van der Waals surface area contributed by atoms with Gasteiger partial charge in [0.25, 0.3) is 5.91 Å². The highest BCUT2D eigenvalue weighted by atomic mass is 16.7. The predicted octanol–water partition coefficient (Wildman–Crippen LogP) is 4.54. The lowest BCUT2D eigenvalue weighted by Gasteiger charge is -2.23. The van der Waals surface area contributed by atoms with Gasteiger partial charge < -0.3 is 15.1 Å². The number of hydrogen-bond acceptors (Lipinski definition) is 5. The Morgan fingerprint density at radius 1 is 0.972 bits per heavy atom. The molecule has 2 aromatic carbocycles. The Morgan fingerprint density at radius 2 is 1.69 bits per heavy atom. The molecule has 3 rings (SSSR count). The number of furan rings is 1. The molecule has 1 aromatic heterocycles. The number of amides is 3. The zero-order valence-electron chi connectivity index (χ0n) is 20.5. The minimum absolute atomic E-state index is 0.0602. The number of nitrogens with one attached hydrogen (secondary N) is 2. The molecule has 0 saturated carbocycles. The van der Waals surface area contributed by atoms with E-state index in [0.29, 0.717) is 18.6 Å². The quantitative estimate of drug-likeness (QED) is 0.141. The van der Waals surface area contributed by atoms with Gasteiger partial charge in [0.2, 0.25) is 12.3 Å². The molecule has 2 N–H and O–H groups in total. The van der Waals surface area contributed by atoms with Gasteiger partial charge in [0, 0.05) is 5.56 Å². The summed E-state index contributed by atoms with van der Waals surface area (Å²) in [5.74, 6) is -0.413. The third kappa shape index (κ3) is 8.39. The maximum absolute atomic E-state index is 12.9. The lowest BCUT2D eigenvalue weighted by Crippen LogP contribution is -2.43. The van der Waals surface area contributed by atoms with E-state index < -0.39 is 11.8 Å². The summed E-state index contributed by atoms with van der Waals surface area (Å²) < 4.78 is 5.65. The Labute approximate surface area is 211 Å². The van der Waals surface area contributed by atoms with Gasteiger partial charge in [-0.25, -0.2) is 5.06 Å². The molecule has 190 valence electrons. The molecule has 0 aliphatic heterocycles. The van der Waals surface area contributed by atoms with Crippen molar-refractivity contribution >= 4 is 18.2 Å². The van der Waals surface area contributed by atoms with Crippen LogP contribution in [0.1, 0.15) is 48.7 Å². The topological polar surface area (TPSA) is 101 Å². The summed E-state index contributed by atoms with van der Waals surface area (Å²) in [6.45, 7) is 2.38. The minimum Gasteiger partial charge on any atom is -0.451 e. The summed E-state index contributed by atoms with van der Waals surface area (Å²) in [6.07, 6.45) is 4.04. The molecule has 3 aromatic rings. The highest BCUT2D eigenvalue weighted by Gasteiger charge is 2.22. The van der Waals surface area contributed by atoms with E-state index in [0.717, 1.165) is 35.5 Å². The molecule has 1 heterocycles. The van der Waals surface area contributed by atoms with Gasteiger partial charge >= 0.3 is 0 Å². The molecule has 0 bridgehead atoms. The molecule has 3 amide bonds. The molecule has 0 aliphatic rings. The van der Waals surface area contributed by atoms with Crippen LogP contribution in [-0.4, -0.2) is 36.5 Å². The zero-order valence-corrected chi connectivity index (χ0v) is 20.5. The maximum Gasteiger partial charge on any atom is 0.288 e. The van der Waals surface area contributed by atoms with Crippen molar-refractivity contribution in [2.24, 2.45) is 5.92 Å². The van der Waals surface area contributed by atoms with Gasteiger partial charge in [-0.15, -0.1) is 0 Å². The average molecular weight is 492 g/mol. The van der Waals surface area contributed by atoms with Crippen molar-refractivity contribution < 1.29 is 23.6 Å². The molecule has 0 saturated heterocycles. The first kappa shape index (κ1) is 26.7. The van der Waals surface area contributed by atoms with E-state index in [9.17, 15) is 14.4 Å². The summed E-state index contributed by atoms with van der Waals surface area (Å²) in [5, 5.41) is 6.56. The van der Waals surface area contributed by atoms with Crippen molar-refractivity contribution in [3.05, 3.63) is 84.1 Å². The summed E-state index contributed by atoms with van der Waals surface area (Å²) in [5.41, 5.74) is 1.79. The van der Waals surface area contributed by atoms with Crippen LogP contribution in [0.4, 0.5) is 0 Å². The van der Waals surface area contributed by atoms with Crippen LogP contribution >= 0.6 is 0 Å². The number of carbonyl (C=O) groups is 3. The van der Waals surface area contributed by atoms with Gasteiger partial charge in [-0.2, -0.15) is 0 Å². The molecule has 1 atom stereocenters. The first-order valence-corrected chi connectivity index (χ1v) is 12.2. The molecule has 0 radical (unpaired) electrons. The van der Waals surface area contributed by atoms with Crippen LogP contribution in [0.2, 0.25) is 0 Å². The van der Waals surface area contributed by atoms with Gasteiger partial charge in [0.1, 0.15) is 12.4 Å². The third-order valence-corrected chi connectivity index (χ3v) is 5.68. The number of rotatable bonds is 15. The van der Waals surface area contributed by atoms with Crippen LogP contribution < -0.4 is 10.6 Å². The third-order valence-electron chi connectivity index (χ3n) is 5.68. The zero-order chi connectivity index (χ0) is 25.6. The molecule has 0 aliphatic carbocycles. The van der Waals surface area contributed by atoms with E-state index in [2.05, 4.69) is 17.6 Å². The van der Waals surface area contributed by atoms with E-state index in [4.69, 9.17) is 9.25 Å². The Morgan fingerprint density at radius 3 is 2.39 bits per heavy atom. The van der Waals surface area contributed by atoms with Crippen LogP contribution in [-0.2, 0) is 21.0 Å². The fourth-order valence-electron chi connectivity index (χ4n) is 3.68. The fourth-order valence-corrected chi connectivity index (χ4v) is 3.68. The summed E-state index contributed by atoms with van der Waals surface area (Å²) in [7, 11) is 0. The standard InChI is InChI=1S/C28H33N3O5/c1-2-3-6-15-24(18-31(21-32)35-19-22-11-7-4-8-12-22)27(33)29-20-30-28(34)26-17-16-25(36-26)23-13-9-5-10-14-23/h4-5,7-14,16-17,21,24H,2-3,6,15,18-20H2,1H3,(H,29,33)(H,30,34)/t24-/m1/s1. The van der Waals surface area contributed by atoms with Crippen LogP contribution in [0.3, 0.4) is 0 Å². The summed E-state index contributed by atoms with van der Waals surface area (Å²) in [6, 6.07) is 22.3. The first-order chi connectivity index (χ1) is 17.6. The SMILES string of the molecule is CCCCC[C@H](CN(C=O)OCc1ccccc1)C(=O)NCNC(=O)c1ccc(-c2ccccc2)o1. The molecule has 36 heavy (non-hydrogen) atoms. The molecule has 0 spiro atoms. The number of hydroxylamine groups is 2. The van der Waals surface area contributed by atoms with Gasteiger partial charge in [0.05, 0.1) is 19.1 Å². The molecule has 8 heteroatoms. The van der Waals surface area contributed by atoms with Crippen molar-refractivity contribution in [1.82, 2.24) is 15.7 Å². The van der Waals surface area contributed by atoms with Crippen LogP contribution in [0.25, 0.3) is 11.3 Å². The Hall–Kier alpha value is -3.91.